The van der Waals surface area contributed by atoms with Crippen LogP contribution >= 0.6 is 27.3 Å². The molecule has 3 rings (SSSR count). The van der Waals surface area contributed by atoms with Crippen LogP contribution in [0.3, 0.4) is 0 Å². The molecular formula is C14H14BrN3S. The number of aryl methyl sites for hydroxylation is 1. The molecule has 2 aromatic heterocycles. The first kappa shape index (κ1) is 12.7. The summed E-state index contributed by atoms with van der Waals surface area (Å²) in [4.78, 5) is 8.20. The third kappa shape index (κ3) is 2.40. The molecule has 0 aliphatic carbocycles. The fraction of sp³-hybridized carbons (Fsp3) is 0.214. The quantitative estimate of drug-likeness (QED) is 0.720. The second kappa shape index (κ2) is 4.98. The third-order valence-electron chi connectivity index (χ3n) is 3.12. The van der Waals surface area contributed by atoms with Gasteiger partial charge in [-0.15, -0.1) is 11.3 Å². The third-order valence-corrected chi connectivity index (χ3v) is 4.80. The summed E-state index contributed by atoms with van der Waals surface area (Å²) < 4.78 is 3.28. The van der Waals surface area contributed by atoms with Crippen molar-refractivity contribution in [2.24, 2.45) is 7.05 Å². The normalized spacial score (nSPS) is 11.1. The predicted molar refractivity (Wildman–Crippen MR) is 84.8 cm³/mol. The van der Waals surface area contributed by atoms with E-state index in [1.165, 1.54) is 4.88 Å². The van der Waals surface area contributed by atoms with E-state index in [0.29, 0.717) is 0 Å². The predicted octanol–water partition coefficient (Wildman–Crippen LogP) is 4.03. The molecule has 98 valence electrons. The smallest absolute Gasteiger partial charge is 0.206 e. The largest absolute Gasteiger partial charge is 0.340 e. The van der Waals surface area contributed by atoms with Gasteiger partial charge in [0.2, 0.25) is 5.95 Å². The van der Waals surface area contributed by atoms with Crippen LogP contribution in [0.25, 0.3) is 11.0 Å². The highest BCUT2D eigenvalue weighted by atomic mass is 79.9. The van der Waals surface area contributed by atoms with Crippen molar-refractivity contribution in [2.45, 2.75) is 6.54 Å². The molecule has 5 heteroatoms. The first-order chi connectivity index (χ1) is 9.15. The van der Waals surface area contributed by atoms with Crippen LogP contribution in [0.5, 0.6) is 0 Å². The zero-order chi connectivity index (χ0) is 13.4. The number of benzene rings is 1. The van der Waals surface area contributed by atoms with Crippen LogP contribution in [-0.4, -0.2) is 16.6 Å². The summed E-state index contributed by atoms with van der Waals surface area (Å²) in [6.07, 6.45) is 0. The highest BCUT2D eigenvalue weighted by Crippen LogP contribution is 2.24. The maximum Gasteiger partial charge on any atom is 0.206 e. The van der Waals surface area contributed by atoms with E-state index in [2.05, 4.69) is 63.1 Å². The van der Waals surface area contributed by atoms with Crippen molar-refractivity contribution in [2.75, 3.05) is 11.9 Å². The van der Waals surface area contributed by atoms with E-state index in [1.54, 1.807) is 11.3 Å². The first-order valence-corrected chi connectivity index (χ1v) is 7.68. The molecule has 0 aliphatic rings. The van der Waals surface area contributed by atoms with Crippen LogP contribution in [0, 0.1) is 0 Å². The van der Waals surface area contributed by atoms with E-state index in [0.717, 1.165) is 28.0 Å². The van der Waals surface area contributed by atoms with Crippen molar-refractivity contribution in [3.8, 4) is 0 Å². The number of hydrogen-bond acceptors (Lipinski definition) is 3. The average molecular weight is 336 g/mol. The maximum atomic E-state index is 4.70. The molecule has 0 saturated heterocycles. The van der Waals surface area contributed by atoms with Gasteiger partial charge in [0, 0.05) is 28.8 Å². The molecule has 1 aromatic carbocycles. The van der Waals surface area contributed by atoms with E-state index >= 15 is 0 Å². The lowest BCUT2D eigenvalue weighted by molar-refractivity contribution is 0.825. The molecule has 3 aromatic rings. The molecule has 3 nitrogen and oxygen atoms in total. The SMILES string of the molecule is CN(Cc1cc(Br)cs1)c1nc2ccccc2n1C. The highest BCUT2D eigenvalue weighted by molar-refractivity contribution is 9.10. The van der Waals surface area contributed by atoms with Crippen molar-refractivity contribution in [1.82, 2.24) is 9.55 Å². The van der Waals surface area contributed by atoms with Gasteiger partial charge in [-0.3, -0.25) is 0 Å². The molecule has 0 unspecified atom stereocenters. The van der Waals surface area contributed by atoms with Gasteiger partial charge in [-0.05, 0) is 34.1 Å². The number of thiophene rings is 1. The lowest BCUT2D eigenvalue weighted by Crippen LogP contribution is -2.19. The summed E-state index contributed by atoms with van der Waals surface area (Å²) in [7, 11) is 4.14. The Labute approximate surface area is 124 Å². The summed E-state index contributed by atoms with van der Waals surface area (Å²) >= 11 is 5.25. The molecule has 0 saturated carbocycles. The lowest BCUT2D eigenvalue weighted by Gasteiger charge is -2.17. The van der Waals surface area contributed by atoms with E-state index in [-0.39, 0.29) is 0 Å². The Morgan fingerprint density at radius 3 is 2.84 bits per heavy atom. The van der Waals surface area contributed by atoms with Crippen LogP contribution < -0.4 is 4.90 Å². The van der Waals surface area contributed by atoms with Gasteiger partial charge in [-0.1, -0.05) is 12.1 Å². The molecule has 0 radical (unpaired) electrons. The molecule has 0 bridgehead atoms. The van der Waals surface area contributed by atoms with Crippen molar-refractivity contribution < 1.29 is 0 Å². The minimum absolute atomic E-state index is 0.868. The number of anilines is 1. The molecule has 0 aliphatic heterocycles. The number of nitrogens with zero attached hydrogens (tertiary/aromatic N) is 3. The number of imidazole rings is 1. The zero-order valence-electron chi connectivity index (χ0n) is 10.8. The fourth-order valence-corrected chi connectivity index (χ4v) is 3.72. The Morgan fingerprint density at radius 2 is 2.16 bits per heavy atom. The molecule has 0 amide bonds. The lowest BCUT2D eigenvalue weighted by atomic mass is 10.3. The van der Waals surface area contributed by atoms with Gasteiger partial charge in [0.1, 0.15) is 0 Å². The highest BCUT2D eigenvalue weighted by Gasteiger charge is 2.12. The molecule has 0 spiro atoms. The number of rotatable bonds is 3. The Kier molecular flexibility index (Phi) is 3.33. The second-order valence-corrected chi connectivity index (χ2v) is 6.46. The van der Waals surface area contributed by atoms with E-state index < -0.39 is 0 Å². The van der Waals surface area contributed by atoms with Crippen LogP contribution in [0.2, 0.25) is 0 Å². The molecule has 2 heterocycles. The average Bonchev–Trinajstić information content (AvgIpc) is 2.94. The summed E-state index contributed by atoms with van der Waals surface area (Å²) in [6, 6.07) is 10.4. The van der Waals surface area contributed by atoms with E-state index in [4.69, 9.17) is 4.98 Å². The summed E-state index contributed by atoms with van der Waals surface area (Å²) in [5.74, 6) is 0.991. The number of hydrogen-bond donors (Lipinski definition) is 0. The second-order valence-electron chi connectivity index (χ2n) is 4.55. The Balaban J connectivity index is 1.93. The van der Waals surface area contributed by atoms with Crippen molar-refractivity contribution in [3.63, 3.8) is 0 Å². The summed E-state index contributed by atoms with van der Waals surface area (Å²) in [5.41, 5.74) is 2.20. The van der Waals surface area contributed by atoms with Gasteiger partial charge in [-0.25, -0.2) is 4.98 Å². The summed E-state index contributed by atoms with van der Waals surface area (Å²) in [6.45, 7) is 0.868. The van der Waals surface area contributed by atoms with Crippen molar-refractivity contribution in [3.05, 3.63) is 45.1 Å². The standard InChI is InChI=1S/C14H14BrN3S/c1-17(8-11-7-10(15)9-19-11)14-16-12-5-3-4-6-13(12)18(14)2/h3-7,9H,8H2,1-2H3. The van der Waals surface area contributed by atoms with Gasteiger partial charge in [0.25, 0.3) is 0 Å². The molecule has 0 N–H and O–H groups in total. The van der Waals surface area contributed by atoms with Gasteiger partial charge in [0.15, 0.2) is 0 Å². The number of aromatic nitrogens is 2. The van der Waals surface area contributed by atoms with Crippen LogP contribution in [-0.2, 0) is 13.6 Å². The Morgan fingerprint density at radius 1 is 1.37 bits per heavy atom. The first-order valence-electron chi connectivity index (χ1n) is 6.00. The van der Waals surface area contributed by atoms with Crippen LogP contribution in [0.15, 0.2) is 40.2 Å². The Bertz CT molecular complexity index is 716. The fourth-order valence-electron chi connectivity index (χ4n) is 2.22. The minimum Gasteiger partial charge on any atom is -0.340 e. The number of para-hydroxylation sites is 2. The van der Waals surface area contributed by atoms with Crippen LogP contribution in [0.1, 0.15) is 4.88 Å². The molecule has 0 atom stereocenters. The molecule has 19 heavy (non-hydrogen) atoms. The van der Waals surface area contributed by atoms with Gasteiger partial charge < -0.3 is 9.47 Å². The van der Waals surface area contributed by atoms with Gasteiger partial charge in [-0.2, -0.15) is 0 Å². The molecule has 0 fully saturated rings. The van der Waals surface area contributed by atoms with E-state index in [9.17, 15) is 0 Å². The molecular weight excluding hydrogens is 322 g/mol. The van der Waals surface area contributed by atoms with Crippen molar-refractivity contribution >= 4 is 44.2 Å². The van der Waals surface area contributed by atoms with Gasteiger partial charge in [0.05, 0.1) is 17.6 Å². The number of halogens is 1. The topological polar surface area (TPSA) is 21.1 Å². The van der Waals surface area contributed by atoms with E-state index in [1.807, 2.05) is 12.1 Å². The monoisotopic (exact) mass is 335 g/mol. The maximum absolute atomic E-state index is 4.70. The minimum atomic E-state index is 0.868. The summed E-state index contributed by atoms with van der Waals surface area (Å²) in [5, 5.41) is 2.11. The zero-order valence-corrected chi connectivity index (χ0v) is 13.2. The van der Waals surface area contributed by atoms with Crippen LogP contribution in [0.4, 0.5) is 5.95 Å². The van der Waals surface area contributed by atoms with Crippen molar-refractivity contribution in [1.29, 1.82) is 0 Å². The number of fused-ring (bicyclic) bond motifs is 1. The van der Waals surface area contributed by atoms with Gasteiger partial charge >= 0.3 is 0 Å². The Hall–Kier alpha value is -1.33.